The molecule has 0 aliphatic rings. The van der Waals surface area contributed by atoms with Crippen LogP contribution in [0.4, 0.5) is 0 Å². The molecule has 3 N–H and O–H groups in total. The molecule has 27 heavy (non-hydrogen) atoms. The molecular formula is C17H17ClN4O5. The van der Waals surface area contributed by atoms with Gasteiger partial charge in [0.2, 0.25) is 5.89 Å². The summed E-state index contributed by atoms with van der Waals surface area (Å²) >= 11 is 5.82. The van der Waals surface area contributed by atoms with Gasteiger partial charge in [0.05, 0.1) is 18.4 Å². The van der Waals surface area contributed by atoms with Crippen molar-refractivity contribution in [3.63, 3.8) is 0 Å². The van der Waals surface area contributed by atoms with Crippen LogP contribution in [0.15, 0.2) is 38.4 Å². The average molecular weight is 393 g/mol. The van der Waals surface area contributed by atoms with Gasteiger partial charge in [0.1, 0.15) is 6.54 Å². The van der Waals surface area contributed by atoms with Gasteiger partial charge in [0.15, 0.2) is 5.82 Å². The van der Waals surface area contributed by atoms with E-state index in [9.17, 15) is 14.7 Å². The first-order chi connectivity index (χ1) is 12.9. The van der Waals surface area contributed by atoms with Crippen LogP contribution in [-0.4, -0.2) is 29.9 Å². The fourth-order valence-corrected chi connectivity index (χ4v) is 2.69. The average Bonchev–Trinajstić information content (AvgIpc) is 3.09. The van der Waals surface area contributed by atoms with Gasteiger partial charge < -0.3 is 19.7 Å². The highest BCUT2D eigenvalue weighted by atomic mass is 35.5. The largest absolute Gasteiger partial charge is 0.390 e. The van der Waals surface area contributed by atoms with Gasteiger partial charge in [-0.05, 0) is 24.6 Å². The summed E-state index contributed by atoms with van der Waals surface area (Å²) in [5.74, 6) is 0.290. The molecule has 2 aromatic heterocycles. The molecule has 0 aliphatic heterocycles. The summed E-state index contributed by atoms with van der Waals surface area (Å²) in [5.41, 5.74) is -0.193. The Balaban J connectivity index is 1.77. The van der Waals surface area contributed by atoms with Crippen molar-refractivity contribution < 1.29 is 14.7 Å². The molecule has 10 heteroatoms. The maximum absolute atomic E-state index is 12.3. The molecular weight excluding hydrogens is 376 g/mol. The van der Waals surface area contributed by atoms with Crippen molar-refractivity contribution in [1.82, 2.24) is 19.7 Å². The van der Waals surface area contributed by atoms with E-state index in [0.717, 1.165) is 4.57 Å². The number of nitrogens with one attached hydrogen (secondary N) is 1. The highest BCUT2D eigenvalue weighted by Crippen LogP contribution is 2.19. The summed E-state index contributed by atoms with van der Waals surface area (Å²) in [6.07, 6.45) is -0.760. The highest BCUT2D eigenvalue weighted by Gasteiger charge is 2.16. The van der Waals surface area contributed by atoms with Gasteiger partial charge in [0.25, 0.3) is 5.56 Å². The van der Waals surface area contributed by atoms with Gasteiger partial charge in [-0.15, -0.1) is 0 Å². The molecule has 3 rings (SSSR count). The van der Waals surface area contributed by atoms with E-state index in [1.807, 2.05) is 0 Å². The minimum absolute atomic E-state index is 0.0528. The summed E-state index contributed by atoms with van der Waals surface area (Å²) < 4.78 is 5.98. The first-order valence-electron chi connectivity index (χ1n) is 8.07. The third-order valence-corrected chi connectivity index (χ3v) is 4.37. The van der Waals surface area contributed by atoms with Crippen molar-refractivity contribution in [1.29, 1.82) is 0 Å². The zero-order chi connectivity index (χ0) is 19.6. The van der Waals surface area contributed by atoms with E-state index < -0.39 is 24.0 Å². The lowest BCUT2D eigenvalue weighted by Crippen LogP contribution is -2.38. The molecule has 0 fully saturated rings. The van der Waals surface area contributed by atoms with E-state index >= 15 is 0 Å². The monoisotopic (exact) mass is 392 g/mol. The number of rotatable bonds is 6. The maximum atomic E-state index is 12.3. The van der Waals surface area contributed by atoms with Crippen LogP contribution in [0.2, 0.25) is 5.02 Å². The molecule has 1 unspecified atom stereocenters. The molecule has 1 aromatic carbocycles. The number of nitrogens with zero attached hydrogens (tertiary/aromatic N) is 3. The normalized spacial score (nSPS) is 12.3. The number of aromatic nitrogens is 4. The molecule has 0 amide bonds. The van der Waals surface area contributed by atoms with Crippen LogP contribution in [0, 0.1) is 6.92 Å². The molecule has 1 atom stereocenters. The van der Waals surface area contributed by atoms with Gasteiger partial charge in [-0.3, -0.25) is 9.36 Å². The third kappa shape index (κ3) is 4.16. The van der Waals surface area contributed by atoms with Crippen LogP contribution in [0.1, 0.15) is 34.6 Å². The smallest absolute Gasteiger partial charge is 0.329 e. The van der Waals surface area contributed by atoms with E-state index in [-0.39, 0.29) is 35.9 Å². The van der Waals surface area contributed by atoms with E-state index in [0.29, 0.717) is 10.6 Å². The van der Waals surface area contributed by atoms with Crippen molar-refractivity contribution >= 4 is 11.6 Å². The summed E-state index contributed by atoms with van der Waals surface area (Å²) in [7, 11) is 0. The Labute approximate surface area is 157 Å². The van der Waals surface area contributed by atoms with Crippen LogP contribution < -0.4 is 11.2 Å². The van der Waals surface area contributed by atoms with E-state index in [1.165, 1.54) is 6.92 Å². The Morgan fingerprint density at radius 1 is 1.30 bits per heavy atom. The van der Waals surface area contributed by atoms with Crippen molar-refractivity contribution in [3.05, 3.63) is 78.7 Å². The number of aliphatic hydroxyl groups is 2. The van der Waals surface area contributed by atoms with Crippen LogP contribution in [0.25, 0.3) is 0 Å². The van der Waals surface area contributed by atoms with Crippen LogP contribution in [0.3, 0.4) is 0 Å². The molecule has 142 valence electrons. The molecule has 0 bridgehead atoms. The number of aromatic amines is 1. The lowest BCUT2D eigenvalue weighted by Gasteiger charge is -2.08. The predicted octanol–water partition coefficient (Wildman–Crippen LogP) is 0.698. The van der Waals surface area contributed by atoms with Crippen LogP contribution in [-0.2, 0) is 19.6 Å². The number of benzene rings is 1. The van der Waals surface area contributed by atoms with Gasteiger partial charge in [-0.1, -0.05) is 28.9 Å². The molecule has 0 spiro atoms. The van der Waals surface area contributed by atoms with Crippen molar-refractivity contribution in [2.75, 3.05) is 0 Å². The number of hydrogen-bond donors (Lipinski definition) is 3. The van der Waals surface area contributed by atoms with Gasteiger partial charge in [0, 0.05) is 17.0 Å². The highest BCUT2D eigenvalue weighted by molar-refractivity contribution is 6.30. The first-order valence-corrected chi connectivity index (χ1v) is 8.45. The molecule has 0 aliphatic carbocycles. The Hall–Kier alpha value is -2.75. The molecule has 0 radical (unpaired) electrons. The first kappa shape index (κ1) is 19.0. The number of H-pyrrole nitrogens is 1. The third-order valence-electron chi connectivity index (χ3n) is 4.11. The number of hydrogen-bond acceptors (Lipinski definition) is 7. The predicted molar refractivity (Wildman–Crippen MR) is 95.5 cm³/mol. The fraction of sp³-hybridized carbons (Fsp3) is 0.294. The van der Waals surface area contributed by atoms with Gasteiger partial charge in [-0.2, -0.15) is 4.98 Å². The fourth-order valence-electron chi connectivity index (χ4n) is 2.56. The Bertz CT molecular complexity index is 1050. The minimum atomic E-state index is -0.857. The Kier molecular flexibility index (Phi) is 5.54. The Morgan fingerprint density at radius 3 is 2.67 bits per heavy atom. The SMILES string of the molecule is Cc1c(CO)[nH]c(=O)n(Cc2nc(CC(O)c3ccc(Cl)cc3)no2)c1=O. The summed E-state index contributed by atoms with van der Waals surface area (Å²) in [6, 6.07) is 6.72. The summed E-state index contributed by atoms with van der Waals surface area (Å²) in [5, 5.41) is 23.7. The molecule has 2 heterocycles. The molecule has 0 saturated heterocycles. The number of aliphatic hydroxyl groups excluding tert-OH is 2. The van der Waals surface area contributed by atoms with Gasteiger partial charge >= 0.3 is 5.69 Å². The second-order valence-electron chi connectivity index (χ2n) is 5.96. The van der Waals surface area contributed by atoms with Crippen molar-refractivity contribution in [2.24, 2.45) is 0 Å². The van der Waals surface area contributed by atoms with Crippen LogP contribution in [0.5, 0.6) is 0 Å². The standard InChI is InChI=1S/C17H17ClN4O5/c1-9-12(8-23)19-17(26)22(16(9)25)7-15-20-14(21-27-15)6-13(24)10-2-4-11(18)5-3-10/h2-5,13,23-24H,6-8H2,1H3,(H,19,26). The van der Waals surface area contributed by atoms with Crippen LogP contribution >= 0.6 is 11.6 Å². The minimum Gasteiger partial charge on any atom is -0.390 e. The van der Waals surface area contributed by atoms with E-state index in [1.54, 1.807) is 24.3 Å². The zero-order valence-corrected chi connectivity index (χ0v) is 15.1. The van der Waals surface area contributed by atoms with E-state index in [2.05, 4.69) is 15.1 Å². The second kappa shape index (κ2) is 7.87. The number of halogens is 1. The van der Waals surface area contributed by atoms with E-state index in [4.69, 9.17) is 21.2 Å². The zero-order valence-electron chi connectivity index (χ0n) is 14.3. The van der Waals surface area contributed by atoms with Gasteiger partial charge in [-0.25, -0.2) is 4.79 Å². The topological polar surface area (TPSA) is 134 Å². The quantitative estimate of drug-likeness (QED) is 0.562. The summed E-state index contributed by atoms with van der Waals surface area (Å²) in [6.45, 7) is 0.844. The van der Waals surface area contributed by atoms with Crippen molar-refractivity contribution in [3.8, 4) is 0 Å². The Morgan fingerprint density at radius 2 is 2.00 bits per heavy atom. The molecule has 3 aromatic rings. The lowest BCUT2D eigenvalue weighted by molar-refractivity contribution is 0.174. The maximum Gasteiger partial charge on any atom is 0.329 e. The molecule has 9 nitrogen and oxygen atoms in total. The van der Waals surface area contributed by atoms with Crippen molar-refractivity contribution in [2.45, 2.75) is 32.6 Å². The second-order valence-corrected chi connectivity index (χ2v) is 6.40. The lowest BCUT2D eigenvalue weighted by atomic mass is 10.1. The summed E-state index contributed by atoms with van der Waals surface area (Å²) in [4.78, 5) is 30.8. The molecule has 0 saturated carbocycles.